The maximum atomic E-state index is 5.00. The normalized spacial score (nSPS) is 13.2. The van der Waals surface area contributed by atoms with Gasteiger partial charge in [0.1, 0.15) is 0 Å². The predicted molar refractivity (Wildman–Crippen MR) is 72.5 cm³/mol. The fraction of sp³-hybridized carbons (Fsp3) is 0.750. The van der Waals surface area contributed by atoms with Crippen molar-refractivity contribution in [2.45, 2.75) is 26.4 Å². The van der Waals surface area contributed by atoms with E-state index in [0.29, 0.717) is 6.04 Å². The Kier molecular flexibility index (Phi) is 6.65. The van der Waals surface area contributed by atoms with Gasteiger partial charge in [0.15, 0.2) is 0 Å². The Morgan fingerprint density at radius 3 is 2.94 bits per heavy atom. The molecule has 1 aromatic rings. The summed E-state index contributed by atoms with van der Waals surface area (Å²) in [5.41, 5.74) is 3.07. The summed E-state index contributed by atoms with van der Waals surface area (Å²) in [4.78, 5) is 7.98. The smallest absolute Gasteiger partial charge is 0.0798 e. The summed E-state index contributed by atoms with van der Waals surface area (Å²) < 4.78 is 5.00. The first-order valence-corrected chi connectivity index (χ1v) is 6.82. The topological polar surface area (TPSA) is 37.4 Å². The van der Waals surface area contributed by atoms with Crippen LogP contribution in [0.1, 0.15) is 17.5 Å². The molecule has 0 aliphatic rings. The highest BCUT2D eigenvalue weighted by atomic mass is 32.1. The lowest BCUT2D eigenvalue weighted by Crippen LogP contribution is -2.38. The summed E-state index contributed by atoms with van der Waals surface area (Å²) in [6.07, 6.45) is 0. The van der Waals surface area contributed by atoms with E-state index in [1.165, 1.54) is 4.88 Å². The molecule has 17 heavy (non-hydrogen) atoms. The first-order valence-electron chi connectivity index (χ1n) is 5.94. The molecule has 0 spiro atoms. The van der Waals surface area contributed by atoms with Gasteiger partial charge in [-0.2, -0.15) is 0 Å². The van der Waals surface area contributed by atoms with Crippen molar-refractivity contribution in [2.24, 2.45) is 0 Å². The van der Waals surface area contributed by atoms with Crippen LogP contribution < -0.4 is 5.32 Å². The molecule has 1 unspecified atom stereocenters. The number of likely N-dealkylation sites (N-methyl/N-ethyl adjacent to an activating group) is 1. The molecule has 0 aliphatic carbocycles. The van der Waals surface area contributed by atoms with E-state index in [1.54, 1.807) is 18.4 Å². The Balaban J connectivity index is 2.27. The molecule has 5 heteroatoms. The third-order valence-corrected chi connectivity index (χ3v) is 3.83. The molecule has 0 saturated heterocycles. The largest absolute Gasteiger partial charge is 0.383 e. The van der Waals surface area contributed by atoms with E-state index in [2.05, 4.69) is 36.1 Å². The Bertz CT molecular complexity index is 316. The minimum Gasteiger partial charge on any atom is -0.383 e. The van der Waals surface area contributed by atoms with E-state index in [4.69, 9.17) is 4.74 Å². The van der Waals surface area contributed by atoms with Crippen LogP contribution in [0.5, 0.6) is 0 Å². The fourth-order valence-electron chi connectivity index (χ4n) is 1.50. The Labute approximate surface area is 108 Å². The highest BCUT2D eigenvalue weighted by Gasteiger charge is 2.11. The average molecular weight is 257 g/mol. The summed E-state index contributed by atoms with van der Waals surface area (Å²) in [6.45, 7) is 7.94. The number of rotatable bonds is 8. The van der Waals surface area contributed by atoms with Gasteiger partial charge in [-0.1, -0.05) is 0 Å². The molecule has 0 aliphatic heterocycles. The molecule has 0 aromatic carbocycles. The number of methoxy groups -OCH3 is 1. The first kappa shape index (κ1) is 14.6. The average Bonchev–Trinajstić information content (AvgIpc) is 2.70. The number of aryl methyl sites for hydroxylation is 1. The minimum absolute atomic E-state index is 0.508. The van der Waals surface area contributed by atoms with E-state index >= 15 is 0 Å². The van der Waals surface area contributed by atoms with Gasteiger partial charge in [-0.3, -0.25) is 4.90 Å². The Morgan fingerprint density at radius 1 is 1.59 bits per heavy atom. The predicted octanol–water partition coefficient (Wildman–Crippen LogP) is 1.51. The fourth-order valence-corrected chi connectivity index (χ4v) is 2.34. The van der Waals surface area contributed by atoms with Crippen LogP contribution >= 0.6 is 11.3 Å². The van der Waals surface area contributed by atoms with Gasteiger partial charge in [0.25, 0.3) is 0 Å². The lowest BCUT2D eigenvalue weighted by atomic mass is 10.2. The molecular formula is C12H23N3OS. The van der Waals surface area contributed by atoms with Crippen molar-refractivity contribution in [1.82, 2.24) is 15.2 Å². The van der Waals surface area contributed by atoms with Crippen LogP contribution in [0.4, 0.5) is 0 Å². The van der Waals surface area contributed by atoms with Crippen molar-refractivity contribution in [2.75, 3.05) is 33.9 Å². The molecular weight excluding hydrogens is 234 g/mol. The molecule has 0 bridgehead atoms. The van der Waals surface area contributed by atoms with Crippen molar-refractivity contribution >= 4 is 11.3 Å². The highest BCUT2D eigenvalue weighted by molar-refractivity contribution is 7.09. The zero-order valence-electron chi connectivity index (χ0n) is 11.2. The van der Waals surface area contributed by atoms with Crippen LogP contribution in [-0.4, -0.2) is 49.8 Å². The molecule has 98 valence electrons. The highest BCUT2D eigenvalue weighted by Crippen LogP contribution is 2.15. The zero-order chi connectivity index (χ0) is 12.7. The third-order valence-electron chi connectivity index (χ3n) is 2.91. The molecule has 1 heterocycles. The molecule has 4 nitrogen and oxygen atoms in total. The molecule has 1 rings (SSSR count). The summed E-state index contributed by atoms with van der Waals surface area (Å²) in [5.74, 6) is 0. The molecule has 0 radical (unpaired) electrons. The zero-order valence-corrected chi connectivity index (χ0v) is 12.0. The van der Waals surface area contributed by atoms with Crippen molar-refractivity contribution in [3.05, 3.63) is 16.1 Å². The van der Waals surface area contributed by atoms with Crippen molar-refractivity contribution in [3.8, 4) is 0 Å². The van der Waals surface area contributed by atoms with E-state index in [-0.39, 0.29) is 0 Å². The molecule has 1 atom stereocenters. The van der Waals surface area contributed by atoms with Gasteiger partial charge in [0, 0.05) is 37.7 Å². The van der Waals surface area contributed by atoms with Gasteiger partial charge in [0.05, 0.1) is 17.8 Å². The molecule has 1 aromatic heterocycles. The van der Waals surface area contributed by atoms with Crippen LogP contribution in [0.2, 0.25) is 0 Å². The maximum Gasteiger partial charge on any atom is 0.0798 e. The summed E-state index contributed by atoms with van der Waals surface area (Å²) in [7, 11) is 3.88. The second-order valence-corrected chi connectivity index (χ2v) is 5.26. The molecule has 0 fully saturated rings. The number of ether oxygens (including phenoxy) is 1. The molecule has 1 N–H and O–H groups in total. The monoisotopic (exact) mass is 257 g/mol. The van der Waals surface area contributed by atoms with Crippen molar-refractivity contribution < 1.29 is 4.74 Å². The van der Waals surface area contributed by atoms with E-state index in [0.717, 1.165) is 31.9 Å². The van der Waals surface area contributed by atoms with Crippen molar-refractivity contribution in [3.63, 3.8) is 0 Å². The Hall–Kier alpha value is -0.490. The number of hydrogen-bond acceptors (Lipinski definition) is 5. The van der Waals surface area contributed by atoms with Gasteiger partial charge in [-0.15, -0.1) is 11.3 Å². The molecule has 0 saturated carbocycles. The standard InChI is InChI=1S/C12H23N3OS/c1-10(7-13-5-6-16-4)15(3)8-12-11(2)14-9-17-12/h9-10,13H,5-8H2,1-4H3. The maximum absolute atomic E-state index is 5.00. The van der Waals surface area contributed by atoms with E-state index < -0.39 is 0 Å². The van der Waals surface area contributed by atoms with Gasteiger partial charge in [0.2, 0.25) is 0 Å². The number of thiazole rings is 1. The van der Waals surface area contributed by atoms with Crippen LogP contribution in [0, 0.1) is 6.92 Å². The second-order valence-electron chi connectivity index (χ2n) is 4.32. The molecule has 0 amide bonds. The summed E-state index contributed by atoms with van der Waals surface area (Å²) >= 11 is 1.73. The lowest BCUT2D eigenvalue weighted by molar-refractivity contribution is 0.191. The van der Waals surface area contributed by atoms with Gasteiger partial charge < -0.3 is 10.1 Å². The third kappa shape index (κ3) is 5.12. The van der Waals surface area contributed by atoms with Gasteiger partial charge >= 0.3 is 0 Å². The number of aromatic nitrogens is 1. The lowest BCUT2D eigenvalue weighted by Gasteiger charge is -2.24. The minimum atomic E-state index is 0.508. The first-order chi connectivity index (χ1) is 8.15. The summed E-state index contributed by atoms with van der Waals surface area (Å²) in [6, 6.07) is 0.508. The van der Waals surface area contributed by atoms with Crippen LogP contribution in [0.15, 0.2) is 5.51 Å². The van der Waals surface area contributed by atoms with Crippen LogP contribution in [0.25, 0.3) is 0 Å². The van der Waals surface area contributed by atoms with Crippen LogP contribution in [-0.2, 0) is 11.3 Å². The Morgan fingerprint density at radius 2 is 2.35 bits per heavy atom. The van der Waals surface area contributed by atoms with E-state index in [1.807, 2.05) is 5.51 Å². The SMILES string of the molecule is COCCNCC(C)N(C)Cc1scnc1C. The summed E-state index contributed by atoms with van der Waals surface area (Å²) in [5, 5.41) is 3.38. The number of hydrogen-bond donors (Lipinski definition) is 1. The van der Waals surface area contributed by atoms with Gasteiger partial charge in [-0.25, -0.2) is 4.98 Å². The second kappa shape index (κ2) is 7.76. The quantitative estimate of drug-likeness (QED) is 0.716. The van der Waals surface area contributed by atoms with E-state index in [9.17, 15) is 0 Å². The van der Waals surface area contributed by atoms with Crippen molar-refractivity contribution in [1.29, 1.82) is 0 Å². The number of nitrogens with one attached hydrogen (secondary N) is 1. The number of nitrogens with zero attached hydrogens (tertiary/aromatic N) is 2. The van der Waals surface area contributed by atoms with Crippen LogP contribution in [0.3, 0.4) is 0 Å². The van der Waals surface area contributed by atoms with Gasteiger partial charge in [-0.05, 0) is 20.9 Å².